The Hall–Kier alpha value is -2.46. The van der Waals surface area contributed by atoms with E-state index in [0.29, 0.717) is 0 Å². The van der Waals surface area contributed by atoms with Crippen LogP contribution in [0, 0.1) is 0 Å². The molecule has 0 radical (unpaired) electrons. The summed E-state index contributed by atoms with van der Waals surface area (Å²) in [5, 5.41) is 1.16. The molecular weight excluding hydrogens is 298 g/mol. The number of nitrogens with zero attached hydrogens (tertiary/aromatic N) is 3. The minimum atomic E-state index is 0.827. The highest BCUT2D eigenvalue weighted by Crippen LogP contribution is 2.27. The van der Waals surface area contributed by atoms with E-state index < -0.39 is 0 Å². The number of aryl methyl sites for hydroxylation is 1. The van der Waals surface area contributed by atoms with Gasteiger partial charge in [-0.3, -0.25) is 9.97 Å². The SMILES string of the molecule is COc1ccc(CN(C)CCCc2cccnc2)c2cccnc12. The first kappa shape index (κ1) is 16.4. The van der Waals surface area contributed by atoms with E-state index in [1.165, 1.54) is 11.1 Å². The van der Waals surface area contributed by atoms with Gasteiger partial charge in [0.25, 0.3) is 0 Å². The van der Waals surface area contributed by atoms with Crippen molar-refractivity contribution in [1.82, 2.24) is 14.9 Å². The maximum atomic E-state index is 5.42. The van der Waals surface area contributed by atoms with Crippen molar-refractivity contribution in [2.75, 3.05) is 20.7 Å². The predicted molar refractivity (Wildman–Crippen MR) is 97.2 cm³/mol. The molecule has 0 fully saturated rings. The summed E-state index contributed by atoms with van der Waals surface area (Å²) in [6.07, 6.45) is 7.75. The van der Waals surface area contributed by atoms with Crippen LogP contribution in [0.4, 0.5) is 0 Å². The van der Waals surface area contributed by atoms with Gasteiger partial charge in [0.2, 0.25) is 0 Å². The Morgan fingerprint density at radius 1 is 1.08 bits per heavy atom. The lowest BCUT2D eigenvalue weighted by Gasteiger charge is -2.18. The van der Waals surface area contributed by atoms with Crippen LogP contribution in [-0.2, 0) is 13.0 Å². The number of hydrogen-bond acceptors (Lipinski definition) is 4. The largest absolute Gasteiger partial charge is 0.494 e. The van der Waals surface area contributed by atoms with E-state index in [1.807, 2.05) is 36.8 Å². The molecule has 1 aromatic carbocycles. The normalized spacial score (nSPS) is 11.1. The lowest BCUT2D eigenvalue weighted by atomic mass is 10.1. The zero-order chi connectivity index (χ0) is 16.8. The molecule has 0 N–H and O–H groups in total. The van der Waals surface area contributed by atoms with Gasteiger partial charge in [0.05, 0.1) is 7.11 Å². The third-order valence-electron chi connectivity index (χ3n) is 4.21. The Labute approximate surface area is 143 Å². The van der Waals surface area contributed by atoms with Gasteiger partial charge in [0, 0.05) is 30.5 Å². The topological polar surface area (TPSA) is 38.2 Å². The number of benzene rings is 1. The summed E-state index contributed by atoms with van der Waals surface area (Å²) in [6.45, 7) is 1.95. The van der Waals surface area contributed by atoms with Gasteiger partial charge in [-0.1, -0.05) is 18.2 Å². The summed E-state index contributed by atoms with van der Waals surface area (Å²) in [7, 11) is 3.85. The second-order valence-electron chi connectivity index (χ2n) is 6.03. The fourth-order valence-electron chi connectivity index (χ4n) is 2.98. The van der Waals surface area contributed by atoms with Gasteiger partial charge in [0.1, 0.15) is 11.3 Å². The molecule has 4 heteroatoms. The van der Waals surface area contributed by atoms with Crippen LogP contribution >= 0.6 is 0 Å². The maximum Gasteiger partial charge on any atom is 0.145 e. The van der Waals surface area contributed by atoms with Crippen LogP contribution in [0.1, 0.15) is 17.5 Å². The number of fused-ring (bicyclic) bond motifs is 1. The van der Waals surface area contributed by atoms with E-state index in [9.17, 15) is 0 Å². The van der Waals surface area contributed by atoms with Crippen molar-refractivity contribution in [1.29, 1.82) is 0 Å². The molecule has 0 atom stereocenters. The molecule has 3 aromatic rings. The van der Waals surface area contributed by atoms with Crippen LogP contribution < -0.4 is 4.74 Å². The molecule has 0 aliphatic rings. The molecule has 0 saturated heterocycles. The monoisotopic (exact) mass is 321 g/mol. The zero-order valence-corrected chi connectivity index (χ0v) is 14.3. The van der Waals surface area contributed by atoms with E-state index in [4.69, 9.17) is 4.74 Å². The standard InChI is InChI=1S/C20H23N3O/c1-23(13-5-7-16-6-3-11-21-14-16)15-17-9-10-19(24-2)20-18(17)8-4-12-22-20/h3-4,6,8-12,14H,5,7,13,15H2,1-2H3. The Bertz CT molecular complexity index is 789. The molecule has 0 amide bonds. The summed E-state index contributed by atoms with van der Waals surface area (Å²) >= 11 is 0. The lowest BCUT2D eigenvalue weighted by molar-refractivity contribution is 0.323. The number of ether oxygens (including phenoxy) is 1. The first-order chi connectivity index (χ1) is 11.8. The van der Waals surface area contributed by atoms with Crippen molar-refractivity contribution in [3.63, 3.8) is 0 Å². The Morgan fingerprint density at radius 2 is 1.96 bits per heavy atom. The predicted octanol–water partition coefficient (Wildman–Crippen LogP) is 3.70. The number of pyridine rings is 2. The molecule has 0 aliphatic heterocycles. The molecule has 0 aliphatic carbocycles. The van der Waals surface area contributed by atoms with E-state index in [1.54, 1.807) is 7.11 Å². The third kappa shape index (κ3) is 3.89. The molecule has 0 unspecified atom stereocenters. The first-order valence-corrected chi connectivity index (χ1v) is 8.26. The van der Waals surface area contributed by atoms with Crippen LogP contribution in [0.25, 0.3) is 10.9 Å². The van der Waals surface area contributed by atoms with Crippen LogP contribution in [-0.4, -0.2) is 35.6 Å². The lowest BCUT2D eigenvalue weighted by Crippen LogP contribution is -2.19. The molecule has 0 spiro atoms. The van der Waals surface area contributed by atoms with Crippen molar-refractivity contribution in [3.05, 3.63) is 66.1 Å². The van der Waals surface area contributed by atoms with Crippen LogP contribution in [0.2, 0.25) is 0 Å². The van der Waals surface area contributed by atoms with Crippen molar-refractivity contribution in [2.45, 2.75) is 19.4 Å². The Kier molecular flexibility index (Phi) is 5.39. The van der Waals surface area contributed by atoms with Crippen LogP contribution in [0.5, 0.6) is 5.75 Å². The first-order valence-electron chi connectivity index (χ1n) is 8.26. The van der Waals surface area contributed by atoms with Gasteiger partial charge in [-0.05, 0) is 55.8 Å². The van der Waals surface area contributed by atoms with Crippen LogP contribution in [0.15, 0.2) is 55.0 Å². The van der Waals surface area contributed by atoms with Crippen molar-refractivity contribution < 1.29 is 4.74 Å². The van der Waals surface area contributed by atoms with Gasteiger partial charge < -0.3 is 9.64 Å². The van der Waals surface area contributed by atoms with Gasteiger partial charge in [-0.2, -0.15) is 0 Å². The fraction of sp³-hybridized carbons (Fsp3) is 0.300. The quantitative estimate of drug-likeness (QED) is 0.665. The molecular formula is C20H23N3O. The maximum absolute atomic E-state index is 5.42. The summed E-state index contributed by atoms with van der Waals surface area (Å²) < 4.78 is 5.42. The van der Waals surface area contributed by atoms with Gasteiger partial charge in [0.15, 0.2) is 0 Å². The highest BCUT2D eigenvalue weighted by Gasteiger charge is 2.09. The Morgan fingerprint density at radius 3 is 2.75 bits per heavy atom. The molecule has 4 nitrogen and oxygen atoms in total. The average molecular weight is 321 g/mol. The number of aromatic nitrogens is 2. The zero-order valence-electron chi connectivity index (χ0n) is 14.3. The fourth-order valence-corrected chi connectivity index (χ4v) is 2.98. The second-order valence-corrected chi connectivity index (χ2v) is 6.03. The van der Waals surface area contributed by atoms with Crippen molar-refractivity contribution in [3.8, 4) is 5.75 Å². The van der Waals surface area contributed by atoms with Crippen LogP contribution in [0.3, 0.4) is 0 Å². The highest BCUT2D eigenvalue weighted by molar-refractivity contribution is 5.87. The average Bonchev–Trinajstić information content (AvgIpc) is 2.63. The summed E-state index contributed by atoms with van der Waals surface area (Å²) in [4.78, 5) is 11.0. The van der Waals surface area contributed by atoms with Crippen molar-refractivity contribution >= 4 is 10.9 Å². The number of rotatable bonds is 7. The van der Waals surface area contributed by atoms with E-state index in [-0.39, 0.29) is 0 Å². The third-order valence-corrected chi connectivity index (χ3v) is 4.21. The Balaban J connectivity index is 1.64. The molecule has 24 heavy (non-hydrogen) atoms. The molecule has 2 heterocycles. The summed E-state index contributed by atoms with van der Waals surface area (Å²) in [6, 6.07) is 12.4. The van der Waals surface area contributed by atoms with E-state index in [0.717, 1.165) is 42.6 Å². The van der Waals surface area contributed by atoms with Gasteiger partial charge in [-0.25, -0.2) is 0 Å². The molecule has 0 bridgehead atoms. The number of hydrogen-bond donors (Lipinski definition) is 0. The smallest absolute Gasteiger partial charge is 0.145 e. The van der Waals surface area contributed by atoms with Gasteiger partial charge >= 0.3 is 0 Å². The number of methoxy groups -OCH3 is 1. The minimum Gasteiger partial charge on any atom is -0.494 e. The molecule has 2 aromatic heterocycles. The van der Waals surface area contributed by atoms with Crippen molar-refractivity contribution in [2.24, 2.45) is 0 Å². The summed E-state index contributed by atoms with van der Waals surface area (Å²) in [5.41, 5.74) is 3.51. The van der Waals surface area contributed by atoms with E-state index in [2.05, 4.69) is 40.1 Å². The molecule has 124 valence electrons. The summed E-state index contributed by atoms with van der Waals surface area (Å²) in [5.74, 6) is 0.827. The van der Waals surface area contributed by atoms with E-state index >= 15 is 0 Å². The molecule has 0 saturated carbocycles. The minimum absolute atomic E-state index is 0.827. The second kappa shape index (κ2) is 7.88. The molecule has 3 rings (SSSR count). The van der Waals surface area contributed by atoms with Gasteiger partial charge in [-0.15, -0.1) is 0 Å². The highest BCUT2D eigenvalue weighted by atomic mass is 16.5.